The molecule has 0 aliphatic heterocycles. The number of hydrogen-bond donors (Lipinski definition) is 1. The molecule has 4 heteroatoms. The number of methoxy groups -OCH3 is 1. The summed E-state index contributed by atoms with van der Waals surface area (Å²) in [5.74, 6) is 0.338. The third-order valence-corrected chi connectivity index (χ3v) is 1.40. The summed E-state index contributed by atoms with van der Waals surface area (Å²) in [6, 6.07) is 3.56. The van der Waals surface area contributed by atoms with Crippen molar-refractivity contribution < 1.29 is 4.74 Å². The Bertz CT molecular complexity index is 306. The predicted molar refractivity (Wildman–Crippen MR) is 42.8 cm³/mol. The van der Waals surface area contributed by atoms with E-state index >= 15 is 0 Å². The SMILES string of the molecule is COc1ncc(S)cc1C#N. The molecule has 0 fully saturated rings. The molecule has 0 bridgehead atoms. The molecule has 0 saturated carbocycles. The molecule has 0 amide bonds. The zero-order valence-corrected chi connectivity index (χ0v) is 6.80. The Morgan fingerprint density at radius 3 is 3.00 bits per heavy atom. The summed E-state index contributed by atoms with van der Waals surface area (Å²) < 4.78 is 4.82. The highest BCUT2D eigenvalue weighted by atomic mass is 32.1. The number of rotatable bonds is 1. The average molecular weight is 166 g/mol. The normalized spacial score (nSPS) is 8.82. The topological polar surface area (TPSA) is 45.9 Å². The van der Waals surface area contributed by atoms with E-state index in [2.05, 4.69) is 17.6 Å². The van der Waals surface area contributed by atoms with Gasteiger partial charge in [-0.25, -0.2) is 4.98 Å². The van der Waals surface area contributed by atoms with Crippen LogP contribution in [0.1, 0.15) is 5.56 Å². The average Bonchev–Trinajstić information content (AvgIpc) is 2.04. The van der Waals surface area contributed by atoms with Crippen LogP contribution in [-0.2, 0) is 0 Å². The summed E-state index contributed by atoms with van der Waals surface area (Å²) in [5.41, 5.74) is 0.403. The Hall–Kier alpha value is -1.21. The minimum Gasteiger partial charge on any atom is -0.480 e. The van der Waals surface area contributed by atoms with Crippen molar-refractivity contribution in [3.63, 3.8) is 0 Å². The number of nitriles is 1. The Balaban J connectivity index is 3.19. The van der Waals surface area contributed by atoms with Gasteiger partial charge in [0.2, 0.25) is 5.88 Å². The second-order valence-electron chi connectivity index (χ2n) is 1.86. The summed E-state index contributed by atoms with van der Waals surface area (Å²) in [5, 5.41) is 8.57. The van der Waals surface area contributed by atoms with E-state index in [0.717, 1.165) is 0 Å². The summed E-state index contributed by atoms with van der Waals surface area (Å²) in [6.07, 6.45) is 1.53. The van der Waals surface area contributed by atoms with Gasteiger partial charge in [0.15, 0.2) is 0 Å². The van der Waals surface area contributed by atoms with Gasteiger partial charge in [-0.05, 0) is 6.07 Å². The van der Waals surface area contributed by atoms with Crippen molar-refractivity contribution in [2.75, 3.05) is 7.11 Å². The van der Waals surface area contributed by atoms with E-state index in [4.69, 9.17) is 10.00 Å². The minimum atomic E-state index is 0.338. The fraction of sp³-hybridized carbons (Fsp3) is 0.143. The molecular weight excluding hydrogens is 160 g/mol. The first kappa shape index (κ1) is 7.89. The Kier molecular flexibility index (Phi) is 2.34. The van der Waals surface area contributed by atoms with Gasteiger partial charge in [0.25, 0.3) is 0 Å². The maximum absolute atomic E-state index is 8.57. The van der Waals surface area contributed by atoms with E-state index in [1.165, 1.54) is 13.3 Å². The summed E-state index contributed by atoms with van der Waals surface area (Å²) in [4.78, 5) is 4.50. The number of hydrogen-bond acceptors (Lipinski definition) is 4. The molecule has 1 rings (SSSR count). The van der Waals surface area contributed by atoms with Gasteiger partial charge in [-0.15, -0.1) is 12.6 Å². The molecule has 0 aliphatic rings. The molecule has 0 atom stereocenters. The maximum Gasteiger partial charge on any atom is 0.231 e. The molecule has 0 saturated heterocycles. The van der Waals surface area contributed by atoms with Gasteiger partial charge in [0.1, 0.15) is 11.6 Å². The summed E-state index contributed by atoms with van der Waals surface area (Å²) >= 11 is 4.03. The van der Waals surface area contributed by atoms with Crippen LogP contribution in [0.15, 0.2) is 17.2 Å². The lowest BCUT2D eigenvalue weighted by molar-refractivity contribution is 0.396. The van der Waals surface area contributed by atoms with Crippen LogP contribution in [-0.4, -0.2) is 12.1 Å². The lowest BCUT2D eigenvalue weighted by atomic mass is 10.3. The van der Waals surface area contributed by atoms with E-state index in [-0.39, 0.29) is 0 Å². The third kappa shape index (κ3) is 1.63. The molecule has 3 nitrogen and oxygen atoms in total. The second-order valence-corrected chi connectivity index (χ2v) is 2.38. The lowest BCUT2D eigenvalue weighted by Crippen LogP contribution is -1.90. The van der Waals surface area contributed by atoms with Gasteiger partial charge in [0, 0.05) is 11.1 Å². The molecule has 0 spiro atoms. The molecule has 56 valence electrons. The molecule has 0 aromatic carbocycles. The van der Waals surface area contributed by atoms with Gasteiger partial charge in [-0.3, -0.25) is 0 Å². The van der Waals surface area contributed by atoms with Crippen molar-refractivity contribution in [2.45, 2.75) is 4.90 Å². The molecule has 0 unspecified atom stereocenters. The second kappa shape index (κ2) is 3.26. The first-order valence-corrected chi connectivity index (χ1v) is 3.35. The van der Waals surface area contributed by atoms with E-state index in [1.807, 2.05) is 6.07 Å². The Labute approximate surface area is 70.0 Å². The molecule has 1 heterocycles. The van der Waals surface area contributed by atoms with Crippen LogP contribution >= 0.6 is 12.6 Å². The van der Waals surface area contributed by atoms with E-state index in [1.54, 1.807) is 6.07 Å². The number of aromatic nitrogens is 1. The summed E-state index contributed by atoms with van der Waals surface area (Å²) in [6.45, 7) is 0. The lowest BCUT2D eigenvalue weighted by Gasteiger charge is -1.99. The standard InChI is InChI=1S/C7H6N2OS/c1-10-7-5(3-8)2-6(11)4-9-7/h2,4,11H,1H3. The summed E-state index contributed by atoms with van der Waals surface area (Å²) in [7, 11) is 1.47. The fourth-order valence-corrected chi connectivity index (χ4v) is 0.871. The highest BCUT2D eigenvalue weighted by Crippen LogP contribution is 2.16. The van der Waals surface area contributed by atoms with Gasteiger partial charge >= 0.3 is 0 Å². The van der Waals surface area contributed by atoms with Crippen molar-refractivity contribution in [3.8, 4) is 11.9 Å². The number of nitrogens with zero attached hydrogens (tertiary/aromatic N) is 2. The molecular formula is C7H6N2OS. The third-order valence-electron chi connectivity index (χ3n) is 1.15. The number of pyridine rings is 1. The van der Waals surface area contributed by atoms with Crippen LogP contribution in [0.4, 0.5) is 0 Å². The van der Waals surface area contributed by atoms with E-state index in [0.29, 0.717) is 16.3 Å². The van der Waals surface area contributed by atoms with Crippen molar-refractivity contribution in [1.29, 1.82) is 5.26 Å². The fourth-order valence-electron chi connectivity index (χ4n) is 0.684. The van der Waals surface area contributed by atoms with Crippen molar-refractivity contribution >= 4 is 12.6 Å². The number of thiol groups is 1. The van der Waals surface area contributed by atoms with Crippen LogP contribution in [0.5, 0.6) is 5.88 Å². The van der Waals surface area contributed by atoms with Crippen molar-refractivity contribution in [3.05, 3.63) is 17.8 Å². The van der Waals surface area contributed by atoms with Gasteiger partial charge in [-0.2, -0.15) is 5.26 Å². The van der Waals surface area contributed by atoms with E-state index in [9.17, 15) is 0 Å². The first-order chi connectivity index (χ1) is 5.27. The number of ether oxygens (including phenoxy) is 1. The Morgan fingerprint density at radius 2 is 2.45 bits per heavy atom. The van der Waals surface area contributed by atoms with Crippen LogP contribution < -0.4 is 4.74 Å². The first-order valence-electron chi connectivity index (χ1n) is 2.91. The van der Waals surface area contributed by atoms with Gasteiger partial charge in [-0.1, -0.05) is 0 Å². The quantitative estimate of drug-likeness (QED) is 0.639. The van der Waals surface area contributed by atoms with Gasteiger partial charge in [0.05, 0.1) is 7.11 Å². The molecule has 1 aromatic heterocycles. The van der Waals surface area contributed by atoms with E-state index < -0.39 is 0 Å². The van der Waals surface area contributed by atoms with Crippen LogP contribution in [0, 0.1) is 11.3 Å². The molecule has 0 N–H and O–H groups in total. The Morgan fingerprint density at radius 1 is 1.73 bits per heavy atom. The largest absolute Gasteiger partial charge is 0.480 e. The maximum atomic E-state index is 8.57. The zero-order chi connectivity index (χ0) is 8.27. The molecule has 1 aromatic rings. The molecule has 0 radical (unpaired) electrons. The highest BCUT2D eigenvalue weighted by Gasteiger charge is 2.02. The van der Waals surface area contributed by atoms with Crippen molar-refractivity contribution in [2.24, 2.45) is 0 Å². The smallest absolute Gasteiger partial charge is 0.231 e. The molecule has 11 heavy (non-hydrogen) atoms. The molecule has 0 aliphatic carbocycles. The predicted octanol–water partition coefficient (Wildman–Crippen LogP) is 1.25. The van der Waals surface area contributed by atoms with Crippen LogP contribution in [0.3, 0.4) is 0 Å². The van der Waals surface area contributed by atoms with Crippen LogP contribution in [0.25, 0.3) is 0 Å². The highest BCUT2D eigenvalue weighted by molar-refractivity contribution is 7.80. The van der Waals surface area contributed by atoms with Gasteiger partial charge < -0.3 is 4.74 Å². The van der Waals surface area contributed by atoms with Crippen molar-refractivity contribution in [1.82, 2.24) is 4.98 Å². The minimum absolute atomic E-state index is 0.338. The zero-order valence-electron chi connectivity index (χ0n) is 5.90. The monoisotopic (exact) mass is 166 g/mol. The van der Waals surface area contributed by atoms with Crippen LogP contribution in [0.2, 0.25) is 0 Å².